The van der Waals surface area contributed by atoms with Crippen LogP contribution in [0, 0.1) is 5.41 Å². The number of halogens is 1. The van der Waals surface area contributed by atoms with Gasteiger partial charge in [0, 0.05) is 13.0 Å². The van der Waals surface area contributed by atoms with E-state index in [2.05, 4.69) is 39.7 Å². The minimum atomic E-state index is 0.0336. The summed E-state index contributed by atoms with van der Waals surface area (Å²) in [6, 6.07) is 0. The van der Waals surface area contributed by atoms with Crippen molar-refractivity contribution >= 4 is 27.7 Å². The van der Waals surface area contributed by atoms with E-state index in [9.17, 15) is 4.79 Å². The molecule has 0 N–H and O–H groups in total. The van der Waals surface area contributed by atoms with Crippen LogP contribution < -0.4 is 4.90 Å². The number of hydrogen-bond acceptors (Lipinski definition) is 3. The first kappa shape index (κ1) is 10.5. The van der Waals surface area contributed by atoms with Crippen LogP contribution >= 0.6 is 15.9 Å². The molecule has 1 fully saturated rings. The fraction of sp³-hybridized carbons (Fsp3) is 0.500. The van der Waals surface area contributed by atoms with E-state index in [0.717, 1.165) is 0 Å². The largest absolute Gasteiger partial charge is 0.295 e. The van der Waals surface area contributed by atoms with Gasteiger partial charge < -0.3 is 0 Å². The molecule has 2 rings (SSSR count). The van der Waals surface area contributed by atoms with Crippen molar-refractivity contribution in [2.75, 3.05) is 11.4 Å². The third-order valence-corrected chi connectivity index (χ3v) is 2.81. The normalized spacial score (nSPS) is 19.7. The van der Waals surface area contributed by atoms with Crippen molar-refractivity contribution < 1.29 is 4.79 Å². The number of aromatic nitrogens is 2. The summed E-state index contributed by atoms with van der Waals surface area (Å²) in [7, 11) is 0. The zero-order valence-corrected chi connectivity index (χ0v) is 10.3. The Balaban J connectivity index is 2.25. The van der Waals surface area contributed by atoms with Crippen LogP contribution in [0.2, 0.25) is 0 Å². The Morgan fingerprint density at radius 2 is 2.13 bits per heavy atom. The van der Waals surface area contributed by atoms with Gasteiger partial charge in [0.25, 0.3) is 0 Å². The molecule has 5 heteroatoms. The van der Waals surface area contributed by atoms with Crippen LogP contribution in [0.15, 0.2) is 17.0 Å². The molecule has 0 spiro atoms. The lowest BCUT2D eigenvalue weighted by Crippen LogP contribution is -2.26. The lowest BCUT2D eigenvalue weighted by atomic mass is 9.93. The maximum absolute atomic E-state index is 11.7. The molecule has 0 radical (unpaired) electrons. The molecule has 1 aromatic rings. The van der Waals surface area contributed by atoms with E-state index in [-0.39, 0.29) is 11.3 Å². The molecule has 0 aromatic carbocycles. The predicted molar refractivity (Wildman–Crippen MR) is 60.5 cm³/mol. The molecule has 80 valence electrons. The molecule has 0 atom stereocenters. The van der Waals surface area contributed by atoms with E-state index in [1.807, 2.05) is 0 Å². The molecule has 2 heterocycles. The minimum absolute atomic E-state index is 0.0336. The highest BCUT2D eigenvalue weighted by molar-refractivity contribution is 9.10. The highest BCUT2D eigenvalue weighted by atomic mass is 79.9. The number of carbonyl (C=O) groups excluding carboxylic acids is 1. The Morgan fingerprint density at radius 3 is 2.60 bits per heavy atom. The lowest BCUT2D eigenvalue weighted by Gasteiger charge is -2.18. The number of carbonyl (C=O) groups is 1. The standard InChI is InChI=1S/C10H12BrN3O/c1-10(2)3-9(15)14(6-10)8-5-12-7(11)4-13-8/h4-5H,3,6H2,1-2H3. The second-order valence-electron chi connectivity index (χ2n) is 4.52. The highest BCUT2D eigenvalue weighted by Gasteiger charge is 2.37. The highest BCUT2D eigenvalue weighted by Crippen LogP contribution is 2.32. The molecule has 4 nitrogen and oxygen atoms in total. The van der Waals surface area contributed by atoms with E-state index in [0.29, 0.717) is 23.4 Å². The van der Waals surface area contributed by atoms with Crippen LogP contribution in [0.4, 0.5) is 5.82 Å². The summed E-state index contributed by atoms with van der Waals surface area (Å²) in [5.41, 5.74) is 0.0336. The summed E-state index contributed by atoms with van der Waals surface area (Å²) in [5.74, 6) is 0.755. The summed E-state index contributed by atoms with van der Waals surface area (Å²) in [5, 5.41) is 0. The van der Waals surface area contributed by atoms with Gasteiger partial charge in [-0.05, 0) is 21.3 Å². The van der Waals surface area contributed by atoms with Gasteiger partial charge in [0.15, 0.2) is 5.82 Å². The molecular formula is C10H12BrN3O. The first-order chi connectivity index (χ1) is 6.98. The zero-order chi connectivity index (χ0) is 11.1. The second-order valence-corrected chi connectivity index (χ2v) is 5.33. The van der Waals surface area contributed by atoms with Crippen LogP contribution in [0.3, 0.4) is 0 Å². The van der Waals surface area contributed by atoms with E-state index < -0.39 is 0 Å². The van der Waals surface area contributed by atoms with E-state index in [1.54, 1.807) is 17.3 Å². The molecule has 0 saturated carbocycles. The minimum Gasteiger partial charge on any atom is -0.295 e. The summed E-state index contributed by atoms with van der Waals surface area (Å²) in [6.07, 6.45) is 3.79. The van der Waals surface area contributed by atoms with E-state index in [1.165, 1.54) is 0 Å². The Hall–Kier alpha value is -0.970. The van der Waals surface area contributed by atoms with Gasteiger partial charge in [-0.1, -0.05) is 13.8 Å². The molecule has 1 aromatic heterocycles. The first-order valence-corrected chi connectivity index (χ1v) is 5.55. The Labute approximate surface area is 96.8 Å². The van der Waals surface area contributed by atoms with Gasteiger partial charge >= 0.3 is 0 Å². The number of hydrogen-bond donors (Lipinski definition) is 0. The second kappa shape index (κ2) is 3.56. The van der Waals surface area contributed by atoms with Gasteiger partial charge in [0.2, 0.25) is 5.91 Å². The molecule has 1 amide bonds. The maximum Gasteiger partial charge on any atom is 0.228 e. The van der Waals surface area contributed by atoms with E-state index in [4.69, 9.17) is 0 Å². The summed E-state index contributed by atoms with van der Waals surface area (Å²) in [4.78, 5) is 21.7. The fourth-order valence-corrected chi connectivity index (χ4v) is 1.94. The van der Waals surface area contributed by atoms with Crippen LogP contribution in [0.1, 0.15) is 20.3 Å². The van der Waals surface area contributed by atoms with Crippen molar-refractivity contribution in [3.8, 4) is 0 Å². The Kier molecular flexibility index (Phi) is 2.50. The number of nitrogens with zero attached hydrogens (tertiary/aromatic N) is 3. The number of anilines is 1. The molecule has 0 unspecified atom stereocenters. The molecule has 0 aliphatic carbocycles. The van der Waals surface area contributed by atoms with Crippen LogP contribution in [0.25, 0.3) is 0 Å². The lowest BCUT2D eigenvalue weighted by molar-refractivity contribution is -0.117. The van der Waals surface area contributed by atoms with Crippen molar-refractivity contribution in [3.05, 3.63) is 17.0 Å². The molecule has 15 heavy (non-hydrogen) atoms. The molecule has 0 bridgehead atoms. The van der Waals surface area contributed by atoms with Crippen molar-refractivity contribution in [2.45, 2.75) is 20.3 Å². The SMILES string of the molecule is CC1(C)CC(=O)N(c2cnc(Br)cn2)C1. The monoisotopic (exact) mass is 269 g/mol. The van der Waals surface area contributed by atoms with Gasteiger partial charge in [-0.3, -0.25) is 9.69 Å². The van der Waals surface area contributed by atoms with Crippen LogP contribution in [0.5, 0.6) is 0 Å². The maximum atomic E-state index is 11.7. The number of amides is 1. The molecular weight excluding hydrogens is 258 g/mol. The molecule has 1 aliphatic heterocycles. The quantitative estimate of drug-likeness (QED) is 0.784. The third kappa shape index (κ3) is 2.17. The first-order valence-electron chi connectivity index (χ1n) is 4.76. The van der Waals surface area contributed by atoms with Gasteiger partial charge in [-0.25, -0.2) is 9.97 Å². The van der Waals surface area contributed by atoms with Gasteiger partial charge in [-0.2, -0.15) is 0 Å². The van der Waals surface area contributed by atoms with Crippen molar-refractivity contribution in [1.82, 2.24) is 9.97 Å². The average molecular weight is 270 g/mol. The van der Waals surface area contributed by atoms with Crippen molar-refractivity contribution in [2.24, 2.45) is 5.41 Å². The molecule has 1 saturated heterocycles. The third-order valence-electron chi connectivity index (χ3n) is 2.40. The van der Waals surface area contributed by atoms with Crippen molar-refractivity contribution in [1.29, 1.82) is 0 Å². The predicted octanol–water partition coefficient (Wildman–Crippen LogP) is 2.00. The summed E-state index contributed by atoms with van der Waals surface area (Å²) >= 11 is 3.21. The Bertz CT molecular complexity index is 388. The van der Waals surface area contributed by atoms with Crippen LogP contribution in [-0.4, -0.2) is 22.4 Å². The average Bonchev–Trinajstić information content (AvgIpc) is 2.41. The van der Waals surface area contributed by atoms with Gasteiger partial charge in [-0.15, -0.1) is 0 Å². The fourth-order valence-electron chi connectivity index (χ4n) is 1.73. The zero-order valence-electron chi connectivity index (χ0n) is 8.70. The van der Waals surface area contributed by atoms with Gasteiger partial charge in [0.05, 0.1) is 12.4 Å². The van der Waals surface area contributed by atoms with Crippen LogP contribution in [-0.2, 0) is 4.79 Å². The smallest absolute Gasteiger partial charge is 0.228 e. The summed E-state index contributed by atoms with van der Waals surface area (Å²) in [6.45, 7) is 4.87. The van der Waals surface area contributed by atoms with Gasteiger partial charge in [0.1, 0.15) is 4.60 Å². The molecule has 1 aliphatic rings. The Morgan fingerprint density at radius 1 is 1.40 bits per heavy atom. The van der Waals surface area contributed by atoms with Crippen molar-refractivity contribution in [3.63, 3.8) is 0 Å². The number of rotatable bonds is 1. The topological polar surface area (TPSA) is 46.1 Å². The summed E-state index contributed by atoms with van der Waals surface area (Å²) < 4.78 is 0.678. The van der Waals surface area contributed by atoms with E-state index >= 15 is 0 Å².